The van der Waals surface area contributed by atoms with E-state index in [1.54, 1.807) is 43.5 Å². The number of likely N-dealkylation sites (tertiary alicyclic amines) is 1. The van der Waals surface area contributed by atoms with Gasteiger partial charge in [0, 0.05) is 36.4 Å². The number of amides is 1. The molecule has 1 N–H and O–H groups in total. The topological polar surface area (TPSA) is 76.1 Å². The Morgan fingerprint density at radius 3 is 2.38 bits per heavy atom. The number of methoxy groups -OCH3 is 1. The third kappa shape index (κ3) is 5.29. The zero-order valence-corrected chi connectivity index (χ0v) is 21.1. The van der Waals surface area contributed by atoms with Crippen LogP contribution in [0.5, 0.6) is 5.75 Å². The van der Waals surface area contributed by atoms with Gasteiger partial charge in [0.05, 0.1) is 18.2 Å². The van der Waals surface area contributed by atoms with Crippen LogP contribution in [0.4, 0.5) is 0 Å². The molecule has 1 fully saturated rings. The van der Waals surface area contributed by atoms with Crippen molar-refractivity contribution in [2.24, 2.45) is 0 Å². The Labute approximate surface area is 206 Å². The summed E-state index contributed by atoms with van der Waals surface area (Å²) in [6, 6.07) is 11.6. The lowest BCUT2D eigenvalue weighted by molar-refractivity contribution is -0.140. The SMILES string of the molecule is CCOc1ccc(/C(O)=C2/C(=O)C(=O)N(CCCOC)C2c2ccc(Cl)cc2)cc1C(C)(C)C. The molecule has 34 heavy (non-hydrogen) atoms. The van der Waals surface area contributed by atoms with Crippen molar-refractivity contribution in [3.8, 4) is 5.75 Å². The van der Waals surface area contributed by atoms with Gasteiger partial charge < -0.3 is 19.5 Å². The second-order valence-corrected chi connectivity index (χ2v) is 9.72. The standard InChI is InChI=1S/C27H32ClNO5/c1-6-34-21-13-10-18(16-20(21)27(2,3)4)24(30)22-23(17-8-11-19(28)12-9-17)29(14-7-15-33-5)26(32)25(22)31/h8-13,16,23,30H,6-7,14-15H2,1-5H3/b24-22-. The Balaban J connectivity index is 2.17. The maximum Gasteiger partial charge on any atom is 0.295 e. The molecule has 0 aromatic heterocycles. The first-order valence-electron chi connectivity index (χ1n) is 11.4. The summed E-state index contributed by atoms with van der Waals surface area (Å²) in [4.78, 5) is 27.7. The molecule has 0 saturated carbocycles. The van der Waals surface area contributed by atoms with Crippen molar-refractivity contribution in [2.45, 2.75) is 45.6 Å². The average molecular weight is 486 g/mol. The minimum atomic E-state index is -0.723. The molecule has 1 saturated heterocycles. The highest BCUT2D eigenvalue weighted by molar-refractivity contribution is 6.46. The van der Waals surface area contributed by atoms with E-state index in [9.17, 15) is 14.7 Å². The van der Waals surface area contributed by atoms with Crippen molar-refractivity contribution in [2.75, 3.05) is 26.9 Å². The molecule has 3 rings (SSSR count). The number of nitrogens with zero attached hydrogens (tertiary/aromatic N) is 1. The molecular weight excluding hydrogens is 454 g/mol. The Hall–Kier alpha value is -2.83. The van der Waals surface area contributed by atoms with Gasteiger partial charge in [-0.2, -0.15) is 0 Å². The summed E-state index contributed by atoms with van der Waals surface area (Å²) in [6.07, 6.45) is 0.560. The van der Waals surface area contributed by atoms with Crippen LogP contribution in [0.1, 0.15) is 56.8 Å². The highest BCUT2D eigenvalue weighted by atomic mass is 35.5. The zero-order chi connectivity index (χ0) is 25.0. The molecule has 7 heteroatoms. The summed E-state index contributed by atoms with van der Waals surface area (Å²) in [5.41, 5.74) is 1.86. The molecule has 0 radical (unpaired) electrons. The van der Waals surface area contributed by atoms with Gasteiger partial charge in [0.1, 0.15) is 11.5 Å². The number of Topliss-reactive ketones (excluding diaryl/α,β-unsaturated/α-hetero) is 1. The third-order valence-electron chi connectivity index (χ3n) is 5.83. The molecule has 1 aliphatic rings. The molecule has 0 bridgehead atoms. The number of hydrogen-bond acceptors (Lipinski definition) is 5. The number of hydrogen-bond donors (Lipinski definition) is 1. The Bertz CT molecular complexity index is 1090. The van der Waals surface area contributed by atoms with Gasteiger partial charge in [0.25, 0.3) is 11.7 Å². The first kappa shape index (κ1) is 25.8. The van der Waals surface area contributed by atoms with Crippen molar-refractivity contribution in [1.29, 1.82) is 0 Å². The number of halogens is 1. The number of benzene rings is 2. The molecule has 0 aliphatic carbocycles. The molecule has 1 atom stereocenters. The minimum Gasteiger partial charge on any atom is -0.507 e. The van der Waals surface area contributed by atoms with Gasteiger partial charge in [-0.25, -0.2) is 0 Å². The van der Waals surface area contributed by atoms with E-state index in [2.05, 4.69) is 20.8 Å². The van der Waals surface area contributed by atoms with Crippen LogP contribution >= 0.6 is 11.6 Å². The van der Waals surface area contributed by atoms with Gasteiger partial charge in [-0.05, 0) is 54.7 Å². The molecule has 1 heterocycles. The fourth-order valence-electron chi connectivity index (χ4n) is 4.18. The lowest BCUT2D eigenvalue weighted by Gasteiger charge is -2.26. The molecule has 1 unspecified atom stereocenters. The monoisotopic (exact) mass is 485 g/mol. The van der Waals surface area contributed by atoms with Crippen LogP contribution in [0, 0.1) is 0 Å². The van der Waals surface area contributed by atoms with Gasteiger partial charge in [-0.3, -0.25) is 9.59 Å². The second kappa shape index (κ2) is 10.6. The lowest BCUT2D eigenvalue weighted by Crippen LogP contribution is -2.31. The van der Waals surface area contributed by atoms with Crippen LogP contribution in [0.3, 0.4) is 0 Å². The van der Waals surface area contributed by atoms with Crippen LogP contribution in [0.2, 0.25) is 5.02 Å². The summed E-state index contributed by atoms with van der Waals surface area (Å²) in [5.74, 6) is -0.831. The minimum absolute atomic E-state index is 0.0637. The van der Waals surface area contributed by atoms with Crippen LogP contribution in [-0.2, 0) is 19.7 Å². The first-order chi connectivity index (χ1) is 16.1. The van der Waals surface area contributed by atoms with Gasteiger partial charge in [0.2, 0.25) is 0 Å². The van der Waals surface area contributed by atoms with E-state index in [1.807, 2.05) is 13.0 Å². The molecule has 6 nitrogen and oxygen atoms in total. The number of carbonyl (C=O) groups excluding carboxylic acids is 2. The lowest BCUT2D eigenvalue weighted by atomic mass is 9.84. The van der Waals surface area contributed by atoms with Crippen LogP contribution in [0.25, 0.3) is 5.76 Å². The molecule has 2 aromatic carbocycles. The number of rotatable bonds is 8. The highest BCUT2D eigenvalue weighted by Crippen LogP contribution is 2.41. The molecule has 2 aromatic rings. The molecular formula is C27H32ClNO5. The quantitative estimate of drug-likeness (QED) is 0.231. The Morgan fingerprint density at radius 1 is 1.12 bits per heavy atom. The van der Waals surface area contributed by atoms with E-state index in [0.717, 1.165) is 11.3 Å². The normalized spacial score (nSPS) is 17.9. The van der Waals surface area contributed by atoms with E-state index in [4.69, 9.17) is 21.1 Å². The number of carbonyl (C=O) groups is 2. The predicted octanol–water partition coefficient (Wildman–Crippen LogP) is 5.49. The molecule has 182 valence electrons. The van der Waals surface area contributed by atoms with Gasteiger partial charge >= 0.3 is 0 Å². The summed E-state index contributed by atoms with van der Waals surface area (Å²) in [5, 5.41) is 11.9. The second-order valence-electron chi connectivity index (χ2n) is 9.28. The maximum absolute atomic E-state index is 13.2. The summed E-state index contributed by atoms with van der Waals surface area (Å²) >= 11 is 6.07. The van der Waals surface area contributed by atoms with E-state index >= 15 is 0 Å². The summed E-state index contributed by atoms with van der Waals surface area (Å²) in [6.45, 7) is 9.35. The van der Waals surface area contributed by atoms with Crippen molar-refractivity contribution in [1.82, 2.24) is 4.90 Å². The number of aliphatic hydroxyl groups excluding tert-OH is 1. The third-order valence-corrected chi connectivity index (χ3v) is 6.09. The number of ketones is 1. The van der Waals surface area contributed by atoms with Gasteiger partial charge in [0.15, 0.2) is 0 Å². The number of aliphatic hydroxyl groups is 1. The highest BCUT2D eigenvalue weighted by Gasteiger charge is 2.45. The van der Waals surface area contributed by atoms with Crippen molar-refractivity contribution in [3.05, 3.63) is 69.8 Å². The summed E-state index contributed by atoms with van der Waals surface area (Å²) < 4.78 is 10.9. The van der Waals surface area contributed by atoms with E-state index in [-0.39, 0.29) is 16.7 Å². The van der Waals surface area contributed by atoms with E-state index in [1.165, 1.54) is 4.90 Å². The largest absolute Gasteiger partial charge is 0.507 e. The molecule has 1 amide bonds. The van der Waals surface area contributed by atoms with Gasteiger partial charge in [-0.1, -0.05) is 44.5 Å². The van der Waals surface area contributed by atoms with Gasteiger partial charge in [-0.15, -0.1) is 0 Å². The number of ether oxygens (including phenoxy) is 2. The Morgan fingerprint density at radius 2 is 1.79 bits per heavy atom. The van der Waals surface area contributed by atoms with Crippen LogP contribution in [-0.4, -0.2) is 48.6 Å². The maximum atomic E-state index is 13.2. The Kier molecular flexibility index (Phi) is 8.05. The zero-order valence-electron chi connectivity index (χ0n) is 20.4. The van der Waals surface area contributed by atoms with E-state index in [0.29, 0.717) is 42.3 Å². The molecule has 0 spiro atoms. The first-order valence-corrected chi connectivity index (χ1v) is 11.8. The van der Waals surface area contributed by atoms with Crippen molar-refractivity contribution in [3.63, 3.8) is 0 Å². The van der Waals surface area contributed by atoms with Crippen LogP contribution in [0.15, 0.2) is 48.0 Å². The van der Waals surface area contributed by atoms with Crippen molar-refractivity contribution < 1.29 is 24.2 Å². The fourth-order valence-corrected chi connectivity index (χ4v) is 4.31. The predicted molar refractivity (Wildman–Crippen MR) is 133 cm³/mol. The van der Waals surface area contributed by atoms with Crippen LogP contribution < -0.4 is 4.74 Å². The average Bonchev–Trinajstić information content (AvgIpc) is 3.04. The van der Waals surface area contributed by atoms with E-state index < -0.39 is 17.7 Å². The molecule has 1 aliphatic heterocycles. The van der Waals surface area contributed by atoms with Crippen molar-refractivity contribution >= 4 is 29.1 Å². The smallest absolute Gasteiger partial charge is 0.295 e. The summed E-state index contributed by atoms with van der Waals surface area (Å²) in [7, 11) is 1.59. The fraction of sp³-hybridized carbons (Fsp3) is 0.407.